The molecule has 4 rings (SSSR count). The molecule has 0 radical (unpaired) electrons. The van der Waals surface area contributed by atoms with Crippen molar-refractivity contribution in [1.82, 2.24) is 9.80 Å². The van der Waals surface area contributed by atoms with Crippen LogP contribution in [0.25, 0.3) is 0 Å². The molecule has 3 atom stereocenters. The van der Waals surface area contributed by atoms with E-state index in [2.05, 4.69) is 36.1 Å². The van der Waals surface area contributed by atoms with Crippen LogP contribution in [0.1, 0.15) is 49.8 Å². The van der Waals surface area contributed by atoms with Gasteiger partial charge in [0.1, 0.15) is 5.75 Å². The molecule has 0 saturated carbocycles. The minimum absolute atomic E-state index is 0.162. The Bertz CT molecular complexity index is 914. The van der Waals surface area contributed by atoms with Crippen molar-refractivity contribution < 1.29 is 19.0 Å². The van der Waals surface area contributed by atoms with E-state index in [1.54, 1.807) is 7.11 Å². The van der Waals surface area contributed by atoms with Gasteiger partial charge in [-0.05, 0) is 61.1 Å². The van der Waals surface area contributed by atoms with Crippen LogP contribution in [0.4, 0.5) is 0 Å². The molecule has 2 heterocycles. The van der Waals surface area contributed by atoms with Crippen molar-refractivity contribution in [2.45, 2.75) is 44.7 Å². The van der Waals surface area contributed by atoms with Gasteiger partial charge >= 0.3 is 0 Å². The second-order valence-electron chi connectivity index (χ2n) is 8.47. The van der Waals surface area contributed by atoms with Crippen LogP contribution in [0.2, 0.25) is 0 Å². The summed E-state index contributed by atoms with van der Waals surface area (Å²) < 4.78 is 16.4. The Kier molecular flexibility index (Phi) is 6.37. The molecular weight excluding hydrogens is 392 g/mol. The van der Waals surface area contributed by atoms with Crippen molar-refractivity contribution in [2.75, 3.05) is 34.0 Å². The van der Waals surface area contributed by atoms with Crippen LogP contribution in [-0.2, 0) is 4.79 Å². The van der Waals surface area contributed by atoms with E-state index in [4.69, 9.17) is 14.2 Å². The van der Waals surface area contributed by atoms with Crippen LogP contribution in [0.5, 0.6) is 17.2 Å². The Morgan fingerprint density at radius 3 is 2.58 bits per heavy atom. The standard InChI is InChI=1S/C25H32N2O4/c1-5-12-26(3)25(28)17(2)27-15-20(19-8-11-23-24(14-19)31-16-30-23)13-22(27)18-6-9-21(29-4)10-7-18/h6-11,14,17,20,22H,5,12-13,15-16H2,1-4H3. The fraction of sp³-hybridized carbons (Fsp3) is 0.480. The Balaban J connectivity index is 1.61. The van der Waals surface area contributed by atoms with E-state index in [1.807, 2.05) is 37.1 Å². The third-order valence-electron chi connectivity index (χ3n) is 6.50. The number of methoxy groups -OCH3 is 1. The average Bonchev–Trinajstić information content (AvgIpc) is 3.45. The van der Waals surface area contributed by atoms with Crippen LogP contribution in [0.3, 0.4) is 0 Å². The number of hydrogen-bond donors (Lipinski definition) is 0. The van der Waals surface area contributed by atoms with E-state index in [1.165, 1.54) is 11.1 Å². The number of rotatable bonds is 7. The zero-order chi connectivity index (χ0) is 22.0. The summed E-state index contributed by atoms with van der Waals surface area (Å²) in [5.74, 6) is 2.94. The number of carbonyl (C=O) groups is 1. The lowest BCUT2D eigenvalue weighted by molar-refractivity contribution is -0.135. The molecule has 6 heteroatoms. The molecule has 166 valence electrons. The number of fused-ring (bicyclic) bond motifs is 1. The van der Waals surface area contributed by atoms with Crippen molar-refractivity contribution in [3.8, 4) is 17.2 Å². The van der Waals surface area contributed by atoms with Gasteiger partial charge in [0.15, 0.2) is 11.5 Å². The lowest BCUT2D eigenvalue weighted by Gasteiger charge is -2.32. The summed E-state index contributed by atoms with van der Waals surface area (Å²) in [6.45, 7) is 6.01. The summed E-state index contributed by atoms with van der Waals surface area (Å²) in [6.07, 6.45) is 1.90. The van der Waals surface area contributed by atoms with Gasteiger partial charge in [-0.25, -0.2) is 0 Å². The average molecular weight is 425 g/mol. The van der Waals surface area contributed by atoms with E-state index >= 15 is 0 Å². The minimum Gasteiger partial charge on any atom is -0.497 e. The smallest absolute Gasteiger partial charge is 0.239 e. The number of hydrogen-bond acceptors (Lipinski definition) is 5. The minimum atomic E-state index is -0.192. The van der Waals surface area contributed by atoms with Crippen LogP contribution in [0, 0.1) is 0 Å². The van der Waals surface area contributed by atoms with Gasteiger partial charge in [0.05, 0.1) is 13.2 Å². The number of carbonyl (C=O) groups excluding carboxylic acids is 1. The maximum atomic E-state index is 13.1. The topological polar surface area (TPSA) is 51.2 Å². The molecule has 0 N–H and O–H groups in total. The molecule has 2 aromatic carbocycles. The Morgan fingerprint density at radius 2 is 1.87 bits per heavy atom. The van der Waals surface area contributed by atoms with Gasteiger partial charge in [0, 0.05) is 26.2 Å². The van der Waals surface area contributed by atoms with Crippen LogP contribution in [0.15, 0.2) is 42.5 Å². The second-order valence-corrected chi connectivity index (χ2v) is 8.47. The Morgan fingerprint density at radius 1 is 1.16 bits per heavy atom. The molecule has 0 aromatic heterocycles. The highest BCUT2D eigenvalue weighted by Crippen LogP contribution is 2.44. The maximum absolute atomic E-state index is 13.1. The van der Waals surface area contributed by atoms with Crippen molar-refractivity contribution in [2.24, 2.45) is 0 Å². The lowest BCUT2D eigenvalue weighted by atomic mass is 9.93. The first-order valence-electron chi connectivity index (χ1n) is 11.1. The summed E-state index contributed by atoms with van der Waals surface area (Å²) in [5, 5.41) is 0. The molecule has 31 heavy (non-hydrogen) atoms. The van der Waals surface area contributed by atoms with E-state index in [0.717, 1.165) is 43.2 Å². The first-order valence-corrected chi connectivity index (χ1v) is 11.1. The monoisotopic (exact) mass is 424 g/mol. The third kappa shape index (κ3) is 4.35. The molecule has 0 spiro atoms. The first kappa shape index (κ1) is 21.5. The van der Waals surface area contributed by atoms with Gasteiger partial charge in [-0.2, -0.15) is 0 Å². The van der Waals surface area contributed by atoms with Gasteiger partial charge in [0.2, 0.25) is 12.7 Å². The van der Waals surface area contributed by atoms with Gasteiger partial charge in [0.25, 0.3) is 0 Å². The van der Waals surface area contributed by atoms with Crippen molar-refractivity contribution in [3.05, 3.63) is 53.6 Å². The molecule has 2 aliphatic rings. The summed E-state index contributed by atoms with van der Waals surface area (Å²) in [6, 6.07) is 14.4. The summed E-state index contributed by atoms with van der Waals surface area (Å²) in [7, 11) is 3.58. The largest absolute Gasteiger partial charge is 0.497 e. The Hall–Kier alpha value is -2.73. The normalized spacial score (nSPS) is 21.2. The predicted molar refractivity (Wildman–Crippen MR) is 120 cm³/mol. The fourth-order valence-electron chi connectivity index (χ4n) is 4.76. The fourth-order valence-corrected chi connectivity index (χ4v) is 4.76. The van der Waals surface area contributed by atoms with Crippen molar-refractivity contribution >= 4 is 5.91 Å². The van der Waals surface area contributed by atoms with E-state index in [-0.39, 0.29) is 24.8 Å². The first-order chi connectivity index (χ1) is 15.0. The van der Waals surface area contributed by atoms with Gasteiger partial charge in [-0.1, -0.05) is 25.1 Å². The number of benzene rings is 2. The van der Waals surface area contributed by atoms with Crippen molar-refractivity contribution in [3.63, 3.8) is 0 Å². The quantitative estimate of drug-likeness (QED) is 0.666. The highest BCUT2D eigenvalue weighted by molar-refractivity contribution is 5.81. The molecule has 2 aliphatic heterocycles. The number of likely N-dealkylation sites (tertiary alicyclic amines) is 1. The highest BCUT2D eigenvalue weighted by atomic mass is 16.7. The molecule has 1 fully saturated rings. The van der Waals surface area contributed by atoms with Crippen molar-refractivity contribution in [1.29, 1.82) is 0 Å². The highest BCUT2D eigenvalue weighted by Gasteiger charge is 2.39. The molecule has 3 unspecified atom stereocenters. The predicted octanol–water partition coefficient (Wildman–Crippen LogP) is 4.21. The summed E-state index contributed by atoms with van der Waals surface area (Å²) >= 11 is 0. The zero-order valence-corrected chi connectivity index (χ0v) is 18.8. The van der Waals surface area contributed by atoms with Crippen LogP contribution < -0.4 is 14.2 Å². The maximum Gasteiger partial charge on any atom is 0.239 e. The second kappa shape index (κ2) is 9.18. The molecule has 1 saturated heterocycles. The van der Waals surface area contributed by atoms with Crippen LogP contribution in [-0.4, -0.2) is 55.8 Å². The van der Waals surface area contributed by atoms with Crippen LogP contribution >= 0.6 is 0 Å². The third-order valence-corrected chi connectivity index (χ3v) is 6.50. The molecule has 0 bridgehead atoms. The molecule has 6 nitrogen and oxygen atoms in total. The van der Waals surface area contributed by atoms with E-state index in [9.17, 15) is 4.79 Å². The lowest BCUT2D eigenvalue weighted by Crippen LogP contribution is -2.45. The SMILES string of the molecule is CCCN(C)C(=O)C(C)N1CC(c2ccc3c(c2)OCO3)CC1c1ccc(OC)cc1. The molecule has 1 amide bonds. The molecular formula is C25H32N2O4. The number of nitrogens with zero attached hydrogens (tertiary/aromatic N) is 2. The summed E-state index contributed by atoms with van der Waals surface area (Å²) in [5.41, 5.74) is 2.44. The molecule has 0 aliphatic carbocycles. The summed E-state index contributed by atoms with van der Waals surface area (Å²) in [4.78, 5) is 17.3. The number of ether oxygens (including phenoxy) is 3. The zero-order valence-electron chi connectivity index (χ0n) is 18.8. The molecule has 2 aromatic rings. The van der Waals surface area contributed by atoms with E-state index < -0.39 is 0 Å². The number of amides is 1. The Labute approximate surface area is 184 Å². The van der Waals surface area contributed by atoms with Gasteiger partial charge < -0.3 is 19.1 Å². The van der Waals surface area contributed by atoms with E-state index in [0.29, 0.717) is 5.92 Å². The van der Waals surface area contributed by atoms with Gasteiger partial charge in [-0.15, -0.1) is 0 Å². The number of likely N-dealkylation sites (N-methyl/N-ethyl adjacent to an activating group) is 1. The van der Waals surface area contributed by atoms with Gasteiger partial charge in [-0.3, -0.25) is 9.69 Å².